The van der Waals surface area contributed by atoms with Crippen LogP contribution in [0.2, 0.25) is 0 Å². The number of rotatable bonds is 2. The highest BCUT2D eigenvalue weighted by molar-refractivity contribution is 6.05. The predicted molar refractivity (Wildman–Crippen MR) is 77.0 cm³/mol. The van der Waals surface area contributed by atoms with Gasteiger partial charge in [0.25, 0.3) is 0 Å². The molecule has 2 aliphatic heterocycles. The van der Waals surface area contributed by atoms with Crippen LogP contribution in [0.25, 0.3) is 0 Å². The molecule has 0 aromatic heterocycles. The molecule has 2 saturated heterocycles. The molecule has 3 rings (SSSR count). The summed E-state index contributed by atoms with van der Waals surface area (Å²) >= 11 is 0. The van der Waals surface area contributed by atoms with E-state index in [9.17, 15) is 9.59 Å². The van der Waals surface area contributed by atoms with Crippen molar-refractivity contribution in [2.24, 2.45) is 17.3 Å². The molecule has 2 heterocycles. The highest BCUT2D eigenvalue weighted by Gasteiger charge is 2.51. The standard InChI is InChI=1S/C16H26N2O2/c1-12-10-17-8-5-13(12)11-18-14(19)9-16(15(18)20)6-3-2-4-7-16/h12-13,17H,2-11H2,1H3. The number of hydrogen-bond acceptors (Lipinski definition) is 3. The fourth-order valence-electron chi connectivity index (χ4n) is 4.24. The quantitative estimate of drug-likeness (QED) is 0.785. The van der Waals surface area contributed by atoms with Crippen LogP contribution in [0, 0.1) is 17.3 Å². The molecular formula is C16H26N2O2. The summed E-state index contributed by atoms with van der Waals surface area (Å²) in [4.78, 5) is 26.7. The molecule has 0 aromatic rings. The van der Waals surface area contributed by atoms with Crippen LogP contribution in [-0.2, 0) is 9.59 Å². The minimum Gasteiger partial charge on any atom is -0.316 e. The van der Waals surface area contributed by atoms with E-state index in [1.54, 1.807) is 4.90 Å². The van der Waals surface area contributed by atoms with E-state index in [0.717, 1.165) is 45.2 Å². The Balaban J connectivity index is 1.70. The fourth-order valence-corrected chi connectivity index (χ4v) is 4.24. The molecule has 1 spiro atoms. The third kappa shape index (κ3) is 2.39. The van der Waals surface area contributed by atoms with Crippen LogP contribution < -0.4 is 5.32 Å². The van der Waals surface area contributed by atoms with Gasteiger partial charge in [-0.15, -0.1) is 0 Å². The zero-order valence-corrected chi connectivity index (χ0v) is 12.5. The zero-order chi connectivity index (χ0) is 14.2. The van der Waals surface area contributed by atoms with Crippen molar-refractivity contribution in [2.45, 2.75) is 51.9 Å². The third-order valence-electron chi connectivity index (χ3n) is 5.68. The van der Waals surface area contributed by atoms with Crippen molar-refractivity contribution in [3.8, 4) is 0 Å². The second kappa shape index (κ2) is 5.47. The summed E-state index contributed by atoms with van der Waals surface area (Å²) in [7, 11) is 0. The Bertz CT molecular complexity index is 401. The average molecular weight is 278 g/mol. The summed E-state index contributed by atoms with van der Waals surface area (Å²) < 4.78 is 0. The van der Waals surface area contributed by atoms with Crippen molar-refractivity contribution in [3.63, 3.8) is 0 Å². The molecule has 1 N–H and O–H groups in total. The smallest absolute Gasteiger partial charge is 0.235 e. The molecule has 4 nitrogen and oxygen atoms in total. The van der Waals surface area contributed by atoms with Crippen LogP contribution in [0.1, 0.15) is 51.9 Å². The monoisotopic (exact) mass is 278 g/mol. The molecule has 2 amide bonds. The first-order valence-corrected chi connectivity index (χ1v) is 8.18. The number of nitrogens with zero attached hydrogens (tertiary/aromatic N) is 1. The number of likely N-dealkylation sites (tertiary alicyclic amines) is 1. The van der Waals surface area contributed by atoms with E-state index in [1.807, 2.05) is 0 Å². The lowest BCUT2D eigenvalue weighted by atomic mass is 9.73. The van der Waals surface area contributed by atoms with Crippen molar-refractivity contribution in [1.29, 1.82) is 0 Å². The normalized spacial score (nSPS) is 34.0. The number of hydrogen-bond donors (Lipinski definition) is 1. The summed E-state index contributed by atoms with van der Waals surface area (Å²) in [6.45, 7) is 4.89. The van der Waals surface area contributed by atoms with Crippen molar-refractivity contribution >= 4 is 11.8 Å². The lowest BCUT2D eigenvalue weighted by molar-refractivity contribution is -0.143. The Labute approximate surface area is 121 Å². The van der Waals surface area contributed by atoms with Gasteiger partial charge in [-0.1, -0.05) is 26.2 Å². The summed E-state index contributed by atoms with van der Waals surface area (Å²) in [6, 6.07) is 0. The molecule has 3 fully saturated rings. The molecule has 20 heavy (non-hydrogen) atoms. The van der Waals surface area contributed by atoms with Gasteiger partial charge in [0.2, 0.25) is 11.8 Å². The first kappa shape index (κ1) is 14.1. The van der Waals surface area contributed by atoms with Gasteiger partial charge >= 0.3 is 0 Å². The number of carbonyl (C=O) groups is 2. The van der Waals surface area contributed by atoms with Gasteiger partial charge in [-0.3, -0.25) is 14.5 Å². The molecule has 4 heteroatoms. The first-order chi connectivity index (χ1) is 9.62. The number of carbonyl (C=O) groups excluding carboxylic acids is 2. The molecule has 0 bridgehead atoms. The van der Waals surface area contributed by atoms with Crippen LogP contribution in [0.15, 0.2) is 0 Å². The number of imide groups is 1. The van der Waals surface area contributed by atoms with Crippen molar-refractivity contribution < 1.29 is 9.59 Å². The maximum Gasteiger partial charge on any atom is 0.235 e. The molecule has 112 valence electrons. The summed E-state index contributed by atoms with van der Waals surface area (Å²) in [5, 5.41) is 3.38. The van der Waals surface area contributed by atoms with E-state index in [0.29, 0.717) is 24.8 Å². The summed E-state index contributed by atoms with van der Waals surface area (Å²) in [6.07, 6.45) is 6.84. The SMILES string of the molecule is CC1CNCCC1CN1C(=O)CC2(CCCCC2)C1=O. The van der Waals surface area contributed by atoms with E-state index in [2.05, 4.69) is 12.2 Å². The molecule has 1 saturated carbocycles. The Morgan fingerprint density at radius 1 is 1.25 bits per heavy atom. The van der Waals surface area contributed by atoms with Crippen molar-refractivity contribution in [3.05, 3.63) is 0 Å². The highest BCUT2D eigenvalue weighted by atomic mass is 16.2. The van der Waals surface area contributed by atoms with Gasteiger partial charge in [0.05, 0.1) is 5.41 Å². The Kier molecular flexibility index (Phi) is 3.85. The van der Waals surface area contributed by atoms with Gasteiger partial charge in [0, 0.05) is 13.0 Å². The lowest BCUT2D eigenvalue weighted by Gasteiger charge is -2.34. The van der Waals surface area contributed by atoms with Gasteiger partial charge in [-0.2, -0.15) is 0 Å². The topological polar surface area (TPSA) is 49.4 Å². The predicted octanol–water partition coefficient (Wildman–Crippen LogP) is 1.94. The van der Waals surface area contributed by atoms with E-state index in [-0.39, 0.29) is 17.2 Å². The van der Waals surface area contributed by atoms with Crippen LogP contribution >= 0.6 is 0 Å². The Morgan fingerprint density at radius 3 is 2.70 bits per heavy atom. The number of amides is 2. The number of nitrogens with one attached hydrogen (secondary N) is 1. The minimum absolute atomic E-state index is 0.0858. The molecule has 0 aromatic carbocycles. The van der Waals surface area contributed by atoms with E-state index >= 15 is 0 Å². The fraction of sp³-hybridized carbons (Fsp3) is 0.875. The maximum atomic E-state index is 12.8. The second-order valence-electron chi connectivity index (χ2n) is 7.06. The molecule has 1 aliphatic carbocycles. The van der Waals surface area contributed by atoms with Crippen molar-refractivity contribution in [2.75, 3.05) is 19.6 Å². The van der Waals surface area contributed by atoms with Crippen molar-refractivity contribution in [1.82, 2.24) is 10.2 Å². The van der Waals surface area contributed by atoms with Gasteiger partial charge < -0.3 is 5.32 Å². The highest BCUT2D eigenvalue weighted by Crippen LogP contribution is 2.45. The molecule has 3 aliphatic rings. The van der Waals surface area contributed by atoms with Gasteiger partial charge in [0.15, 0.2) is 0 Å². The molecule has 0 radical (unpaired) electrons. The largest absolute Gasteiger partial charge is 0.316 e. The van der Waals surface area contributed by atoms with Crippen LogP contribution in [0.3, 0.4) is 0 Å². The van der Waals surface area contributed by atoms with E-state index in [1.165, 1.54) is 6.42 Å². The van der Waals surface area contributed by atoms with Crippen LogP contribution in [0.5, 0.6) is 0 Å². The number of piperidine rings is 1. The maximum absolute atomic E-state index is 12.8. The lowest BCUT2D eigenvalue weighted by Crippen LogP contribution is -2.44. The van der Waals surface area contributed by atoms with Gasteiger partial charge in [0.1, 0.15) is 0 Å². The summed E-state index contributed by atoms with van der Waals surface area (Å²) in [5.41, 5.74) is -0.314. The van der Waals surface area contributed by atoms with Crippen LogP contribution in [-0.4, -0.2) is 36.3 Å². The third-order valence-corrected chi connectivity index (χ3v) is 5.68. The zero-order valence-electron chi connectivity index (χ0n) is 12.5. The van der Waals surface area contributed by atoms with Crippen LogP contribution in [0.4, 0.5) is 0 Å². The van der Waals surface area contributed by atoms with Gasteiger partial charge in [-0.05, 0) is 44.2 Å². The summed E-state index contributed by atoms with van der Waals surface area (Å²) in [5.74, 6) is 1.26. The average Bonchev–Trinajstić information content (AvgIpc) is 2.66. The Hall–Kier alpha value is -0.900. The molecule has 2 unspecified atom stereocenters. The molecule has 2 atom stereocenters. The van der Waals surface area contributed by atoms with E-state index < -0.39 is 0 Å². The first-order valence-electron chi connectivity index (χ1n) is 8.18. The molecular weight excluding hydrogens is 252 g/mol. The van der Waals surface area contributed by atoms with Gasteiger partial charge in [-0.25, -0.2) is 0 Å². The second-order valence-corrected chi connectivity index (χ2v) is 7.06. The minimum atomic E-state index is -0.314. The van der Waals surface area contributed by atoms with E-state index in [4.69, 9.17) is 0 Å². The Morgan fingerprint density at radius 2 is 2.00 bits per heavy atom.